The molecular formula is C13H14FN7O2S. The molecule has 0 aliphatic carbocycles. The van der Waals surface area contributed by atoms with E-state index in [4.69, 9.17) is 5.53 Å². The first kappa shape index (κ1) is 16.2. The molecule has 126 valence electrons. The lowest BCUT2D eigenvalue weighted by Crippen LogP contribution is -2.40. The standard InChI is InChI=1S/C13H14FN7O2S/c14-12-7-11(21-9-10(17-19-21)8-16-18-15)1-2-13(12)20-3-5-24(22,23)6-4-20/h1-2,7,9H,3-6,8H2. The molecule has 0 amide bonds. The van der Waals surface area contributed by atoms with Gasteiger partial charge >= 0.3 is 0 Å². The molecule has 2 aromatic rings. The summed E-state index contributed by atoms with van der Waals surface area (Å²) in [5.41, 5.74) is 9.59. The van der Waals surface area contributed by atoms with E-state index in [1.807, 2.05) is 0 Å². The van der Waals surface area contributed by atoms with Crippen LogP contribution in [0.2, 0.25) is 0 Å². The molecule has 0 N–H and O–H groups in total. The Labute approximate surface area is 137 Å². The van der Waals surface area contributed by atoms with Gasteiger partial charge in [0.25, 0.3) is 0 Å². The maximum Gasteiger partial charge on any atom is 0.153 e. The molecule has 9 nitrogen and oxygen atoms in total. The zero-order chi connectivity index (χ0) is 17.2. The fourth-order valence-corrected chi connectivity index (χ4v) is 3.65. The van der Waals surface area contributed by atoms with Gasteiger partial charge in [-0.05, 0) is 17.7 Å². The Morgan fingerprint density at radius 1 is 1.33 bits per heavy atom. The number of nitrogens with zero attached hydrogens (tertiary/aromatic N) is 7. The normalized spacial score (nSPS) is 16.6. The fourth-order valence-electron chi connectivity index (χ4n) is 2.45. The quantitative estimate of drug-likeness (QED) is 0.469. The molecule has 0 atom stereocenters. The maximum atomic E-state index is 14.4. The molecule has 1 aliphatic rings. The van der Waals surface area contributed by atoms with Gasteiger partial charge in [-0.15, -0.1) is 5.10 Å². The number of anilines is 1. The summed E-state index contributed by atoms with van der Waals surface area (Å²) in [6.45, 7) is 0.621. The average molecular weight is 351 g/mol. The third kappa shape index (κ3) is 3.47. The van der Waals surface area contributed by atoms with Crippen molar-refractivity contribution in [1.29, 1.82) is 0 Å². The van der Waals surface area contributed by atoms with Gasteiger partial charge in [0.1, 0.15) is 5.82 Å². The highest BCUT2D eigenvalue weighted by Crippen LogP contribution is 2.23. The molecule has 0 bridgehead atoms. The highest BCUT2D eigenvalue weighted by Gasteiger charge is 2.23. The number of sulfone groups is 1. The van der Waals surface area contributed by atoms with Crippen molar-refractivity contribution in [2.24, 2.45) is 5.11 Å². The van der Waals surface area contributed by atoms with E-state index in [1.165, 1.54) is 10.7 Å². The third-order valence-corrected chi connectivity index (χ3v) is 5.33. The molecular weight excluding hydrogens is 337 g/mol. The van der Waals surface area contributed by atoms with Crippen molar-refractivity contribution in [3.05, 3.63) is 46.3 Å². The van der Waals surface area contributed by atoms with Crippen LogP contribution < -0.4 is 4.90 Å². The Morgan fingerprint density at radius 3 is 2.75 bits per heavy atom. The van der Waals surface area contributed by atoms with Crippen LogP contribution in [0.25, 0.3) is 16.1 Å². The number of azide groups is 1. The van der Waals surface area contributed by atoms with Gasteiger partial charge < -0.3 is 4.90 Å². The number of hydrogen-bond donors (Lipinski definition) is 0. The summed E-state index contributed by atoms with van der Waals surface area (Å²) in [4.78, 5) is 4.36. The maximum absolute atomic E-state index is 14.4. The van der Waals surface area contributed by atoms with Crippen LogP contribution in [0.4, 0.5) is 10.1 Å². The molecule has 1 aromatic carbocycles. The van der Waals surface area contributed by atoms with E-state index in [2.05, 4.69) is 20.3 Å². The zero-order valence-corrected chi connectivity index (χ0v) is 13.4. The third-order valence-electron chi connectivity index (χ3n) is 3.72. The highest BCUT2D eigenvalue weighted by atomic mass is 32.2. The molecule has 1 aromatic heterocycles. The van der Waals surface area contributed by atoms with Gasteiger partial charge in [0.15, 0.2) is 9.84 Å². The molecule has 11 heteroatoms. The molecule has 0 spiro atoms. The Bertz CT molecular complexity index is 891. The second-order valence-corrected chi connectivity index (χ2v) is 7.62. The van der Waals surface area contributed by atoms with Crippen molar-refractivity contribution in [3.8, 4) is 5.69 Å². The van der Waals surface area contributed by atoms with Crippen LogP contribution >= 0.6 is 0 Å². The highest BCUT2D eigenvalue weighted by molar-refractivity contribution is 7.91. The largest absolute Gasteiger partial charge is 0.367 e. The van der Waals surface area contributed by atoms with Gasteiger partial charge in [-0.25, -0.2) is 17.5 Å². The summed E-state index contributed by atoms with van der Waals surface area (Å²) in [5.74, 6) is -0.404. The van der Waals surface area contributed by atoms with Crippen LogP contribution in [0.1, 0.15) is 5.69 Å². The zero-order valence-electron chi connectivity index (χ0n) is 12.6. The van der Waals surface area contributed by atoms with Gasteiger partial charge in [0, 0.05) is 24.1 Å². The van der Waals surface area contributed by atoms with E-state index < -0.39 is 15.7 Å². The van der Waals surface area contributed by atoms with Crippen molar-refractivity contribution >= 4 is 15.5 Å². The summed E-state index contributed by atoms with van der Waals surface area (Å²) in [6, 6.07) is 4.58. The van der Waals surface area contributed by atoms with Gasteiger partial charge in [-0.3, -0.25) is 0 Å². The molecule has 1 saturated heterocycles. The molecule has 24 heavy (non-hydrogen) atoms. The van der Waals surface area contributed by atoms with Gasteiger partial charge in [0.2, 0.25) is 0 Å². The summed E-state index contributed by atoms with van der Waals surface area (Å²) in [7, 11) is -3.01. The Morgan fingerprint density at radius 2 is 2.08 bits per heavy atom. The average Bonchev–Trinajstić information content (AvgIpc) is 3.02. The number of benzene rings is 1. The lowest BCUT2D eigenvalue weighted by atomic mass is 10.2. The summed E-state index contributed by atoms with van der Waals surface area (Å²) in [5, 5.41) is 11.1. The van der Waals surface area contributed by atoms with Crippen molar-refractivity contribution in [1.82, 2.24) is 15.0 Å². The van der Waals surface area contributed by atoms with Crippen molar-refractivity contribution in [2.75, 3.05) is 29.5 Å². The SMILES string of the molecule is [N-]=[N+]=NCc1cn(-c2ccc(N3CCS(=O)(=O)CC3)c(F)c2)nn1. The minimum Gasteiger partial charge on any atom is -0.367 e. The van der Waals surface area contributed by atoms with Crippen LogP contribution in [-0.4, -0.2) is 48.0 Å². The summed E-state index contributed by atoms with van der Waals surface area (Å²) in [6.07, 6.45) is 1.55. The topological polar surface area (TPSA) is 117 Å². The first-order chi connectivity index (χ1) is 11.5. The van der Waals surface area contributed by atoms with Crippen LogP contribution in [0.15, 0.2) is 29.5 Å². The predicted octanol–water partition coefficient (Wildman–Crippen LogP) is 1.45. The smallest absolute Gasteiger partial charge is 0.153 e. The summed E-state index contributed by atoms with van der Waals surface area (Å²) < 4.78 is 38.7. The van der Waals surface area contributed by atoms with Crippen LogP contribution in [0.5, 0.6) is 0 Å². The monoisotopic (exact) mass is 351 g/mol. The minimum atomic E-state index is -3.01. The predicted molar refractivity (Wildman–Crippen MR) is 85.0 cm³/mol. The molecule has 3 rings (SSSR count). The first-order valence-electron chi connectivity index (χ1n) is 7.16. The fraction of sp³-hybridized carbons (Fsp3) is 0.385. The van der Waals surface area contributed by atoms with E-state index in [1.54, 1.807) is 23.2 Å². The molecule has 2 heterocycles. The van der Waals surface area contributed by atoms with E-state index in [0.29, 0.717) is 17.1 Å². The molecule has 0 unspecified atom stereocenters. The summed E-state index contributed by atoms with van der Waals surface area (Å²) >= 11 is 0. The van der Waals surface area contributed by atoms with Gasteiger partial charge in [0.05, 0.1) is 41.3 Å². The minimum absolute atomic E-state index is 0.0278. The Balaban J connectivity index is 1.80. The molecule has 0 radical (unpaired) electrons. The van der Waals surface area contributed by atoms with Crippen LogP contribution in [-0.2, 0) is 16.4 Å². The number of halogens is 1. The molecule has 1 aliphatic heterocycles. The lowest BCUT2D eigenvalue weighted by Gasteiger charge is -2.29. The van der Waals surface area contributed by atoms with Crippen LogP contribution in [0.3, 0.4) is 0 Å². The van der Waals surface area contributed by atoms with Crippen LogP contribution in [0, 0.1) is 5.82 Å². The Kier molecular flexibility index (Phi) is 4.36. The van der Waals surface area contributed by atoms with E-state index in [-0.39, 0.29) is 31.1 Å². The first-order valence-corrected chi connectivity index (χ1v) is 8.98. The van der Waals surface area contributed by atoms with Gasteiger partial charge in [-0.1, -0.05) is 10.3 Å². The van der Waals surface area contributed by atoms with E-state index in [9.17, 15) is 12.8 Å². The van der Waals surface area contributed by atoms with Crippen molar-refractivity contribution in [2.45, 2.75) is 6.54 Å². The van der Waals surface area contributed by atoms with Crippen molar-refractivity contribution in [3.63, 3.8) is 0 Å². The van der Waals surface area contributed by atoms with Crippen molar-refractivity contribution < 1.29 is 12.8 Å². The number of aromatic nitrogens is 3. The number of hydrogen-bond acceptors (Lipinski definition) is 6. The van der Waals surface area contributed by atoms with E-state index in [0.717, 1.165) is 0 Å². The second-order valence-electron chi connectivity index (χ2n) is 5.32. The second kappa shape index (κ2) is 6.46. The number of rotatable bonds is 4. The lowest BCUT2D eigenvalue weighted by molar-refractivity contribution is 0.581. The Hall–Kier alpha value is -2.65. The van der Waals surface area contributed by atoms with E-state index >= 15 is 0 Å². The molecule has 0 saturated carbocycles. The molecule has 1 fully saturated rings. The van der Waals surface area contributed by atoms with Gasteiger partial charge in [-0.2, -0.15) is 0 Å².